The van der Waals surface area contributed by atoms with Crippen molar-refractivity contribution < 1.29 is 9.53 Å². The highest BCUT2D eigenvalue weighted by Crippen LogP contribution is 2.35. The van der Waals surface area contributed by atoms with E-state index in [0.717, 1.165) is 42.4 Å². The average molecular weight is 397 g/mol. The van der Waals surface area contributed by atoms with E-state index in [1.165, 1.54) is 21.9 Å². The molecule has 0 N–H and O–H groups in total. The highest BCUT2D eigenvalue weighted by molar-refractivity contribution is 6.90. The molecule has 2 rings (SSSR count). The molecule has 2 nitrogen and oxygen atoms in total. The van der Waals surface area contributed by atoms with Crippen LogP contribution < -0.4 is 5.19 Å². The Morgan fingerprint density at radius 2 is 1.50 bits per heavy atom. The Balaban J connectivity index is 3.06. The Hall–Kier alpha value is -1.87. The summed E-state index contributed by atoms with van der Waals surface area (Å²) in [5, 5.41) is 1.27. The summed E-state index contributed by atoms with van der Waals surface area (Å²) in [4.78, 5) is 13.3. The summed E-state index contributed by atoms with van der Waals surface area (Å²) in [5.74, 6) is -0.165. The fourth-order valence-electron chi connectivity index (χ4n) is 4.37. The van der Waals surface area contributed by atoms with Crippen molar-refractivity contribution in [1.82, 2.24) is 0 Å². The van der Waals surface area contributed by atoms with Crippen LogP contribution in [0, 0.1) is 6.92 Å². The topological polar surface area (TPSA) is 26.3 Å². The molecule has 0 unspecified atom stereocenters. The molecule has 3 heteroatoms. The first-order chi connectivity index (χ1) is 13.3. The maximum atomic E-state index is 13.3. The molecule has 0 bridgehead atoms. The van der Waals surface area contributed by atoms with Gasteiger partial charge in [-0.3, -0.25) is 0 Å². The van der Waals surface area contributed by atoms with E-state index in [1.54, 1.807) is 0 Å². The lowest BCUT2D eigenvalue weighted by Crippen LogP contribution is -2.45. The first-order valence-corrected chi connectivity index (χ1v) is 14.2. The Morgan fingerprint density at radius 3 is 2.00 bits per heavy atom. The van der Waals surface area contributed by atoms with Crippen molar-refractivity contribution in [3.05, 3.63) is 52.6 Å². The number of esters is 1. The number of hydrogen-bond donors (Lipinski definition) is 0. The Bertz CT molecular complexity index is 817. The number of carbonyl (C=O) groups is 1. The highest BCUT2D eigenvalue weighted by atomic mass is 28.3. The fourth-order valence-corrected chi connectivity index (χ4v) is 6.63. The van der Waals surface area contributed by atoms with Gasteiger partial charge >= 0.3 is 5.97 Å². The minimum Gasteiger partial charge on any atom is -0.462 e. The van der Waals surface area contributed by atoms with Gasteiger partial charge in [0.25, 0.3) is 0 Å². The number of carbonyl (C=O) groups excluding carboxylic acids is 1. The smallest absolute Gasteiger partial charge is 0.338 e. The molecule has 0 atom stereocenters. The van der Waals surface area contributed by atoms with Crippen LogP contribution in [0.15, 0.2) is 30.3 Å². The number of ether oxygens (including phenoxy) is 1. The van der Waals surface area contributed by atoms with Gasteiger partial charge in [0.05, 0.1) is 20.2 Å². The summed E-state index contributed by atoms with van der Waals surface area (Å²) in [7, 11) is -1.79. The van der Waals surface area contributed by atoms with Crippen LogP contribution in [0.5, 0.6) is 0 Å². The fraction of sp³-hybridized carbons (Fsp3) is 0.480. The first-order valence-electron chi connectivity index (χ1n) is 10.7. The first kappa shape index (κ1) is 22.4. The molecule has 0 heterocycles. The molecule has 2 aromatic carbocycles. The van der Waals surface area contributed by atoms with Crippen molar-refractivity contribution in [3.8, 4) is 11.1 Å². The van der Waals surface area contributed by atoms with Crippen LogP contribution in [-0.2, 0) is 17.6 Å². The molecule has 2 aromatic rings. The summed E-state index contributed by atoms with van der Waals surface area (Å²) in [6.07, 6.45) is 4.21. The van der Waals surface area contributed by atoms with Crippen LogP contribution in [-0.4, -0.2) is 20.7 Å². The van der Waals surface area contributed by atoms with Gasteiger partial charge in [0.2, 0.25) is 0 Å². The molecule has 0 aliphatic carbocycles. The van der Waals surface area contributed by atoms with Crippen LogP contribution in [0.25, 0.3) is 11.1 Å². The van der Waals surface area contributed by atoms with Gasteiger partial charge < -0.3 is 4.74 Å². The Kier molecular flexibility index (Phi) is 7.65. The third-order valence-electron chi connectivity index (χ3n) is 5.29. The van der Waals surface area contributed by atoms with E-state index in [0.29, 0.717) is 6.61 Å². The molecule has 0 radical (unpaired) electrons. The van der Waals surface area contributed by atoms with Gasteiger partial charge in [-0.15, -0.1) is 0 Å². The molecule has 28 heavy (non-hydrogen) atoms. The lowest BCUT2D eigenvalue weighted by atomic mass is 9.84. The number of rotatable bonds is 8. The van der Waals surface area contributed by atoms with Crippen molar-refractivity contribution in [2.75, 3.05) is 6.61 Å². The normalized spacial score (nSPS) is 11.5. The van der Waals surface area contributed by atoms with Crippen molar-refractivity contribution in [1.29, 1.82) is 0 Å². The van der Waals surface area contributed by atoms with Crippen molar-refractivity contribution in [3.63, 3.8) is 0 Å². The largest absolute Gasteiger partial charge is 0.462 e. The standard InChI is InChI=1S/C25H36O2Si/c1-8-14-20-18(4)24(28(5,6)7)23(25(26)27-10-3)22(21(20)15-9-2)19-16-12-11-13-17-19/h11-13,16-17H,8-10,14-15H2,1-7H3. The zero-order chi connectivity index (χ0) is 20.9. The number of hydrogen-bond acceptors (Lipinski definition) is 2. The van der Waals surface area contributed by atoms with Gasteiger partial charge in [0.15, 0.2) is 0 Å². The van der Waals surface area contributed by atoms with Crippen LogP contribution in [0.3, 0.4) is 0 Å². The maximum Gasteiger partial charge on any atom is 0.338 e. The average Bonchev–Trinajstić information content (AvgIpc) is 2.64. The Labute approximate surface area is 172 Å². The summed E-state index contributed by atoms with van der Waals surface area (Å²) >= 11 is 0. The second-order valence-corrected chi connectivity index (χ2v) is 13.5. The molecular weight excluding hydrogens is 360 g/mol. The van der Waals surface area contributed by atoms with Crippen molar-refractivity contribution >= 4 is 19.2 Å². The lowest BCUT2D eigenvalue weighted by molar-refractivity contribution is 0.0528. The molecule has 0 saturated heterocycles. The van der Waals surface area contributed by atoms with Gasteiger partial charge in [0, 0.05) is 0 Å². The van der Waals surface area contributed by atoms with Gasteiger partial charge in [-0.25, -0.2) is 4.79 Å². The van der Waals surface area contributed by atoms with E-state index in [9.17, 15) is 4.79 Å². The van der Waals surface area contributed by atoms with Gasteiger partial charge in [-0.1, -0.05) is 76.7 Å². The minimum atomic E-state index is -1.79. The van der Waals surface area contributed by atoms with Gasteiger partial charge in [-0.05, 0) is 59.7 Å². The summed E-state index contributed by atoms with van der Waals surface area (Å²) in [6.45, 7) is 16.0. The molecular formula is C25H36O2Si. The summed E-state index contributed by atoms with van der Waals surface area (Å²) < 4.78 is 5.60. The van der Waals surface area contributed by atoms with Gasteiger partial charge in [-0.2, -0.15) is 0 Å². The molecule has 0 aromatic heterocycles. The van der Waals surface area contributed by atoms with Crippen LogP contribution in [0.4, 0.5) is 0 Å². The third-order valence-corrected chi connectivity index (χ3v) is 7.41. The summed E-state index contributed by atoms with van der Waals surface area (Å²) in [5.41, 5.74) is 7.20. The van der Waals surface area contributed by atoms with Crippen LogP contribution in [0.1, 0.15) is 60.7 Å². The quantitative estimate of drug-likeness (QED) is 0.387. The number of benzene rings is 2. The second-order valence-electron chi connectivity index (χ2n) is 8.54. The molecule has 0 saturated carbocycles. The van der Waals surface area contributed by atoms with E-state index >= 15 is 0 Å². The van der Waals surface area contributed by atoms with Crippen molar-refractivity contribution in [2.24, 2.45) is 0 Å². The zero-order valence-corrected chi connectivity index (χ0v) is 19.7. The maximum absolute atomic E-state index is 13.3. The monoisotopic (exact) mass is 396 g/mol. The molecule has 0 aliphatic heterocycles. The van der Waals surface area contributed by atoms with Crippen molar-refractivity contribution in [2.45, 2.75) is 73.0 Å². The second kappa shape index (κ2) is 9.55. The van der Waals surface area contributed by atoms with Crippen LogP contribution in [0.2, 0.25) is 19.6 Å². The minimum absolute atomic E-state index is 0.165. The van der Waals surface area contributed by atoms with E-state index in [4.69, 9.17) is 4.74 Å². The zero-order valence-electron chi connectivity index (χ0n) is 18.7. The van der Waals surface area contributed by atoms with E-state index in [-0.39, 0.29) is 5.97 Å². The highest BCUT2D eigenvalue weighted by Gasteiger charge is 2.33. The molecule has 0 fully saturated rings. The molecule has 0 spiro atoms. The lowest BCUT2D eigenvalue weighted by Gasteiger charge is -2.30. The van der Waals surface area contributed by atoms with E-state index in [2.05, 4.69) is 64.7 Å². The predicted molar refractivity (Wildman–Crippen MR) is 124 cm³/mol. The molecule has 152 valence electrons. The van der Waals surface area contributed by atoms with Gasteiger partial charge in [0.1, 0.15) is 0 Å². The third kappa shape index (κ3) is 4.57. The predicted octanol–water partition coefficient (Wildman–Crippen LogP) is 6.29. The van der Waals surface area contributed by atoms with E-state index in [1.807, 2.05) is 13.0 Å². The summed E-state index contributed by atoms with van der Waals surface area (Å²) in [6, 6.07) is 10.4. The molecule has 0 aliphatic rings. The van der Waals surface area contributed by atoms with E-state index < -0.39 is 8.07 Å². The Morgan fingerprint density at radius 1 is 0.929 bits per heavy atom. The molecule has 0 amide bonds. The SMILES string of the molecule is CCCc1c(C)c([Si](C)(C)C)c(C(=O)OCC)c(-c2ccccc2)c1CCC. The van der Waals surface area contributed by atoms with Crippen LogP contribution >= 0.6 is 0 Å².